The summed E-state index contributed by atoms with van der Waals surface area (Å²) in [5.41, 5.74) is -0.513. The predicted molar refractivity (Wildman–Crippen MR) is 75.3 cm³/mol. The van der Waals surface area contributed by atoms with Gasteiger partial charge in [-0.25, -0.2) is 4.79 Å². The van der Waals surface area contributed by atoms with Gasteiger partial charge in [0.25, 0.3) is 0 Å². The van der Waals surface area contributed by atoms with Gasteiger partial charge in [0.15, 0.2) is 5.82 Å². The molecule has 0 atom stereocenters. The SMILES string of the molecule is Cn1ccc(NC(=O)CCCNC(=O)OC(C)(C)C)n1. The lowest BCUT2D eigenvalue weighted by Gasteiger charge is -2.19. The number of aryl methyl sites for hydroxylation is 1. The fourth-order valence-electron chi connectivity index (χ4n) is 1.44. The molecule has 0 spiro atoms. The molecule has 0 saturated heterocycles. The van der Waals surface area contributed by atoms with Crippen molar-refractivity contribution in [1.82, 2.24) is 15.1 Å². The number of anilines is 1. The normalized spacial score (nSPS) is 11.0. The van der Waals surface area contributed by atoms with E-state index in [1.54, 1.807) is 44.8 Å². The van der Waals surface area contributed by atoms with Crippen molar-refractivity contribution in [3.63, 3.8) is 0 Å². The van der Waals surface area contributed by atoms with Gasteiger partial charge in [-0.3, -0.25) is 9.48 Å². The molecular weight excluding hydrogens is 260 g/mol. The molecule has 1 rings (SSSR count). The van der Waals surface area contributed by atoms with Gasteiger partial charge in [-0.2, -0.15) is 5.10 Å². The Labute approximate surface area is 118 Å². The third kappa shape index (κ3) is 6.77. The van der Waals surface area contributed by atoms with Crippen LogP contribution in [0.2, 0.25) is 0 Å². The molecule has 1 aromatic heterocycles. The minimum Gasteiger partial charge on any atom is -0.444 e. The van der Waals surface area contributed by atoms with Crippen LogP contribution in [0.1, 0.15) is 33.6 Å². The molecule has 0 aliphatic heterocycles. The van der Waals surface area contributed by atoms with Crippen molar-refractivity contribution >= 4 is 17.8 Å². The summed E-state index contributed by atoms with van der Waals surface area (Å²) in [5, 5.41) is 9.32. The highest BCUT2D eigenvalue weighted by atomic mass is 16.6. The minimum atomic E-state index is -0.513. The maximum atomic E-state index is 11.6. The molecule has 0 radical (unpaired) electrons. The molecule has 0 aliphatic rings. The van der Waals surface area contributed by atoms with Gasteiger partial charge in [0.2, 0.25) is 5.91 Å². The Morgan fingerprint density at radius 1 is 1.40 bits per heavy atom. The molecule has 7 heteroatoms. The lowest BCUT2D eigenvalue weighted by atomic mass is 10.2. The van der Waals surface area contributed by atoms with Crippen molar-refractivity contribution in [2.24, 2.45) is 7.05 Å². The van der Waals surface area contributed by atoms with Crippen LogP contribution < -0.4 is 10.6 Å². The number of amides is 2. The van der Waals surface area contributed by atoms with Crippen molar-refractivity contribution in [2.75, 3.05) is 11.9 Å². The van der Waals surface area contributed by atoms with Crippen LogP contribution in [0.5, 0.6) is 0 Å². The zero-order valence-electron chi connectivity index (χ0n) is 12.4. The maximum Gasteiger partial charge on any atom is 0.407 e. The summed E-state index contributed by atoms with van der Waals surface area (Å²) in [5.74, 6) is 0.396. The van der Waals surface area contributed by atoms with Crippen molar-refractivity contribution in [2.45, 2.75) is 39.2 Å². The molecule has 0 aromatic carbocycles. The average Bonchev–Trinajstić information content (AvgIpc) is 2.68. The quantitative estimate of drug-likeness (QED) is 0.804. The zero-order chi connectivity index (χ0) is 15.2. The molecule has 0 saturated carbocycles. The van der Waals surface area contributed by atoms with Gasteiger partial charge in [-0.15, -0.1) is 0 Å². The van der Waals surface area contributed by atoms with E-state index in [-0.39, 0.29) is 5.91 Å². The fourth-order valence-corrected chi connectivity index (χ4v) is 1.44. The van der Waals surface area contributed by atoms with Crippen LogP contribution in [-0.4, -0.2) is 33.9 Å². The first-order valence-electron chi connectivity index (χ1n) is 6.52. The van der Waals surface area contributed by atoms with E-state index in [4.69, 9.17) is 4.74 Å². The maximum absolute atomic E-state index is 11.6. The Balaban J connectivity index is 2.15. The van der Waals surface area contributed by atoms with Crippen molar-refractivity contribution in [1.29, 1.82) is 0 Å². The van der Waals surface area contributed by atoms with Gasteiger partial charge in [-0.05, 0) is 27.2 Å². The smallest absolute Gasteiger partial charge is 0.407 e. The number of aromatic nitrogens is 2. The Bertz CT molecular complexity index is 462. The van der Waals surface area contributed by atoms with E-state index >= 15 is 0 Å². The fraction of sp³-hybridized carbons (Fsp3) is 0.615. The van der Waals surface area contributed by atoms with Crippen LogP contribution in [0.4, 0.5) is 10.6 Å². The number of carbonyl (C=O) groups excluding carboxylic acids is 2. The summed E-state index contributed by atoms with van der Waals surface area (Å²) in [6, 6.07) is 1.72. The Hall–Kier alpha value is -2.05. The molecule has 20 heavy (non-hydrogen) atoms. The van der Waals surface area contributed by atoms with Gasteiger partial charge >= 0.3 is 6.09 Å². The van der Waals surface area contributed by atoms with Crippen LogP contribution >= 0.6 is 0 Å². The number of hydrogen-bond donors (Lipinski definition) is 2. The van der Waals surface area contributed by atoms with Crippen molar-refractivity contribution < 1.29 is 14.3 Å². The van der Waals surface area contributed by atoms with E-state index in [1.807, 2.05) is 0 Å². The molecular formula is C13H22N4O3. The van der Waals surface area contributed by atoms with Crippen LogP contribution in [0, 0.1) is 0 Å². The summed E-state index contributed by atoms with van der Waals surface area (Å²) in [7, 11) is 1.78. The number of alkyl carbamates (subject to hydrolysis) is 1. The summed E-state index contributed by atoms with van der Waals surface area (Å²) in [6.45, 7) is 5.79. The van der Waals surface area contributed by atoms with Gasteiger partial charge in [0, 0.05) is 32.3 Å². The second-order valence-corrected chi connectivity index (χ2v) is 5.46. The molecule has 1 aromatic rings. The van der Waals surface area contributed by atoms with E-state index in [9.17, 15) is 9.59 Å². The van der Waals surface area contributed by atoms with Gasteiger partial charge in [0.1, 0.15) is 5.60 Å². The van der Waals surface area contributed by atoms with E-state index in [0.29, 0.717) is 25.2 Å². The number of hydrogen-bond acceptors (Lipinski definition) is 4. The van der Waals surface area contributed by atoms with Gasteiger partial charge in [-0.1, -0.05) is 0 Å². The highest BCUT2D eigenvalue weighted by Crippen LogP contribution is 2.06. The lowest BCUT2D eigenvalue weighted by molar-refractivity contribution is -0.116. The van der Waals surface area contributed by atoms with E-state index in [0.717, 1.165) is 0 Å². The van der Waals surface area contributed by atoms with Crippen LogP contribution in [0.15, 0.2) is 12.3 Å². The van der Waals surface area contributed by atoms with E-state index < -0.39 is 11.7 Å². The second-order valence-electron chi connectivity index (χ2n) is 5.46. The Kier molecular flexibility index (Phi) is 5.54. The van der Waals surface area contributed by atoms with Crippen molar-refractivity contribution in [3.8, 4) is 0 Å². The highest BCUT2D eigenvalue weighted by Gasteiger charge is 2.15. The predicted octanol–water partition coefficient (Wildman–Crippen LogP) is 1.66. The number of nitrogens with zero attached hydrogens (tertiary/aromatic N) is 2. The van der Waals surface area contributed by atoms with E-state index in [2.05, 4.69) is 15.7 Å². The van der Waals surface area contributed by atoms with Crippen LogP contribution in [0.3, 0.4) is 0 Å². The first-order valence-corrected chi connectivity index (χ1v) is 6.52. The zero-order valence-corrected chi connectivity index (χ0v) is 12.4. The van der Waals surface area contributed by atoms with E-state index in [1.165, 1.54) is 0 Å². The third-order valence-electron chi connectivity index (χ3n) is 2.23. The summed E-state index contributed by atoms with van der Waals surface area (Å²) in [4.78, 5) is 22.9. The van der Waals surface area contributed by atoms with Crippen molar-refractivity contribution in [3.05, 3.63) is 12.3 Å². The van der Waals surface area contributed by atoms with Gasteiger partial charge in [0.05, 0.1) is 0 Å². The third-order valence-corrected chi connectivity index (χ3v) is 2.23. The number of nitrogens with one attached hydrogen (secondary N) is 2. The van der Waals surface area contributed by atoms with Gasteiger partial charge < -0.3 is 15.4 Å². The molecule has 1 heterocycles. The monoisotopic (exact) mass is 282 g/mol. The van der Waals surface area contributed by atoms with Crippen LogP contribution in [0.25, 0.3) is 0 Å². The number of carbonyl (C=O) groups is 2. The average molecular weight is 282 g/mol. The molecule has 0 aliphatic carbocycles. The lowest BCUT2D eigenvalue weighted by Crippen LogP contribution is -2.33. The number of rotatable bonds is 5. The largest absolute Gasteiger partial charge is 0.444 e. The Morgan fingerprint density at radius 3 is 2.65 bits per heavy atom. The topological polar surface area (TPSA) is 85.2 Å². The molecule has 2 N–H and O–H groups in total. The standard InChI is InChI=1S/C13H22N4O3/c1-13(2,3)20-12(19)14-8-5-6-11(18)15-10-7-9-17(4)16-10/h7,9H,5-6,8H2,1-4H3,(H,14,19)(H,15,16,18). The molecule has 0 unspecified atom stereocenters. The highest BCUT2D eigenvalue weighted by molar-refractivity contribution is 5.89. The summed E-state index contributed by atoms with van der Waals surface area (Å²) >= 11 is 0. The summed E-state index contributed by atoms with van der Waals surface area (Å²) < 4.78 is 6.69. The Morgan fingerprint density at radius 2 is 2.10 bits per heavy atom. The number of ether oxygens (including phenoxy) is 1. The molecule has 7 nitrogen and oxygen atoms in total. The minimum absolute atomic E-state index is 0.130. The molecule has 0 bridgehead atoms. The second kappa shape index (κ2) is 6.93. The molecule has 0 fully saturated rings. The molecule has 2 amide bonds. The first kappa shape index (κ1) is 16.0. The first-order chi connectivity index (χ1) is 9.26. The molecule has 112 valence electrons. The summed E-state index contributed by atoms with van der Waals surface area (Å²) in [6.07, 6.45) is 2.13. The van der Waals surface area contributed by atoms with Crippen LogP contribution in [-0.2, 0) is 16.6 Å².